The number of aliphatic imine (C=N–C) groups is 1. The van der Waals surface area contributed by atoms with Crippen molar-refractivity contribution in [2.45, 2.75) is 38.9 Å². The number of rotatable bonds is 7. The van der Waals surface area contributed by atoms with Gasteiger partial charge in [-0.2, -0.15) is 5.10 Å². The van der Waals surface area contributed by atoms with E-state index in [4.69, 9.17) is 5.73 Å². The Kier molecular flexibility index (Phi) is 6.06. The molecular weight excluding hydrogens is 312 g/mol. The molecule has 0 aliphatic carbocycles. The van der Waals surface area contributed by atoms with E-state index in [1.54, 1.807) is 6.20 Å². The molecule has 1 aliphatic rings. The maximum Gasteiger partial charge on any atom is 0.188 e. The molecule has 0 spiro atoms. The van der Waals surface area contributed by atoms with Gasteiger partial charge in [0.1, 0.15) is 0 Å². The molecule has 1 aliphatic heterocycles. The minimum atomic E-state index is 0.528. The number of aromatic nitrogens is 2. The fourth-order valence-corrected chi connectivity index (χ4v) is 3.40. The molecule has 1 fully saturated rings. The first-order valence-electron chi connectivity index (χ1n) is 9.07. The summed E-state index contributed by atoms with van der Waals surface area (Å²) in [6, 6.07) is 10.9. The van der Waals surface area contributed by atoms with E-state index in [1.807, 2.05) is 16.9 Å². The van der Waals surface area contributed by atoms with E-state index >= 15 is 0 Å². The van der Waals surface area contributed by atoms with Crippen molar-refractivity contribution in [2.75, 3.05) is 19.6 Å². The first-order valence-corrected chi connectivity index (χ1v) is 9.07. The van der Waals surface area contributed by atoms with Crippen LogP contribution in [0.1, 0.15) is 30.9 Å². The minimum absolute atomic E-state index is 0.528. The van der Waals surface area contributed by atoms with Gasteiger partial charge in [0.2, 0.25) is 0 Å². The van der Waals surface area contributed by atoms with Gasteiger partial charge in [-0.15, -0.1) is 0 Å². The van der Waals surface area contributed by atoms with Crippen molar-refractivity contribution in [1.29, 1.82) is 0 Å². The van der Waals surface area contributed by atoms with Crippen molar-refractivity contribution < 1.29 is 0 Å². The van der Waals surface area contributed by atoms with Gasteiger partial charge in [0.15, 0.2) is 5.96 Å². The molecule has 2 heterocycles. The van der Waals surface area contributed by atoms with Crippen molar-refractivity contribution in [2.24, 2.45) is 10.7 Å². The molecule has 25 heavy (non-hydrogen) atoms. The third-order valence-corrected chi connectivity index (χ3v) is 4.75. The number of likely N-dealkylation sites (N-methyl/N-ethyl adjacent to an activating group) is 1. The van der Waals surface area contributed by atoms with Gasteiger partial charge in [-0.1, -0.05) is 31.2 Å². The molecular formula is C19H28N6. The highest BCUT2D eigenvalue weighted by molar-refractivity contribution is 5.77. The molecule has 1 aromatic carbocycles. The Morgan fingerprint density at radius 2 is 2.24 bits per heavy atom. The van der Waals surface area contributed by atoms with Crippen molar-refractivity contribution >= 4 is 5.96 Å². The van der Waals surface area contributed by atoms with Crippen LogP contribution in [-0.2, 0) is 13.1 Å². The number of nitrogens with one attached hydrogen (secondary N) is 1. The zero-order valence-electron chi connectivity index (χ0n) is 14.9. The van der Waals surface area contributed by atoms with E-state index in [2.05, 4.69) is 51.5 Å². The van der Waals surface area contributed by atoms with Crippen molar-refractivity contribution in [1.82, 2.24) is 20.0 Å². The van der Waals surface area contributed by atoms with Gasteiger partial charge in [0.25, 0.3) is 0 Å². The minimum Gasteiger partial charge on any atom is -0.370 e. The van der Waals surface area contributed by atoms with Gasteiger partial charge in [-0.25, -0.2) is 4.99 Å². The molecule has 134 valence electrons. The fourth-order valence-electron chi connectivity index (χ4n) is 3.40. The molecule has 1 unspecified atom stereocenters. The second-order valence-corrected chi connectivity index (χ2v) is 6.53. The zero-order chi connectivity index (χ0) is 17.5. The summed E-state index contributed by atoms with van der Waals surface area (Å²) in [5.74, 6) is 0.528. The number of hydrogen-bond acceptors (Lipinski definition) is 3. The van der Waals surface area contributed by atoms with Crippen LogP contribution in [0.3, 0.4) is 0 Å². The first-order chi connectivity index (χ1) is 12.2. The maximum atomic E-state index is 6.04. The molecule has 1 saturated heterocycles. The van der Waals surface area contributed by atoms with Crippen molar-refractivity contribution in [3.8, 4) is 0 Å². The summed E-state index contributed by atoms with van der Waals surface area (Å²) in [4.78, 5) is 6.99. The molecule has 1 aromatic heterocycles. The van der Waals surface area contributed by atoms with E-state index in [1.165, 1.54) is 24.9 Å². The summed E-state index contributed by atoms with van der Waals surface area (Å²) in [5, 5.41) is 7.53. The van der Waals surface area contributed by atoms with Crippen LogP contribution in [0.2, 0.25) is 0 Å². The van der Waals surface area contributed by atoms with E-state index in [-0.39, 0.29) is 0 Å². The van der Waals surface area contributed by atoms with Crippen LogP contribution in [-0.4, -0.2) is 46.3 Å². The summed E-state index contributed by atoms with van der Waals surface area (Å²) in [5.41, 5.74) is 8.41. The van der Waals surface area contributed by atoms with Gasteiger partial charge < -0.3 is 11.1 Å². The monoisotopic (exact) mass is 340 g/mol. The third-order valence-electron chi connectivity index (χ3n) is 4.75. The van der Waals surface area contributed by atoms with E-state index in [0.29, 0.717) is 18.5 Å². The van der Waals surface area contributed by atoms with Gasteiger partial charge in [-0.3, -0.25) is 9.58 Å². The van der Waals surface area contributed by atoms with E-state index in [0.717, 1.165) is 25.2 Å². The topological polar surface area (TPSA) is 71.5 Å². The summed E-state index contributed by atoms with van der Waals surface area (Å²) in [7, 11) is 0. The molecule has 2 aromatic rings. The summed E-state index contributed by atoms with van der Waals surface area (Å²) >= 11 is 0. The fraction of sp³-hybridized carbons (Fsp3) is 0.474. The van der Waals surface area contributed by atoms with Crippen LogP contribution >= 0.6 is 0 Å². The second-order valence-electron chi connectivity index (χ2n) is 6.53. The smallest absolute Gasteiger partial charge is 0.188 e. The highest BCUT2D eigenvalue weighted by atomic mass is 15.3. The van der Waals surface area contributed by atoms with E-state index in [9.17, 15) is 0 Å². The average molecular weight is 340 g/mol. The number of nitrogens with zero attached hydrogens (tertiary/aromatic N) is 4. The number of hydrogen-bond donors (Lipinski definition) is 2. The highest BCUT2D eigenvalue weighted by Gasteiger charge is 2.22. The largest absolute Gasteiger partial charge is 0.370 e. The molecule has 3 N–H and O–H groups in total. The predicted molar refractivity (Wildman–Crippen MR) is 101 cm³/mol. The second kappa shape index (κ2) is 8.67. The maximum absolute atomic E-state index is 6.04. The Hall–Kier alpha value is -2.34. The Balaban J connectivity index is 1.50. The van der Waals surface area contributed by atoms with Gasteiger partial charge in [0, 0.05) is 25.0 Å². The summed E-state index contributed by atoms with van der Waals surface area (Å²) in [6.07, 6.45) is 6.28. The molecule has 1 atom stereocenters. The number of nitrogens with two attached hydrogens (primary N) is 1. The van der Waals surface area contributed by atoms with Crippen LogP contribution in [0.5, 0.6) is 0 Å². The molecule has 6 nitrogen and oxygen atoms in total. The van der Waals surface area contributed by atoms with Crippen LogP contribution in [0.25, 0.3) is 0 Å². The SMILES string of the molecule is CCN1CCCC1CNC(N)=NCc1cccc(Cn2cccn2)c1. The summed E-state index contributed by atoms with van der Waals surface area (Å²) in [6.45, 7) is 6.75. The number of likely N-dealkylation sites (tertiary alicyclic amines) is 1. The van der Waals surface area contributed by atoms with Crippen LogP contribution in [0.4, 0.5) is 0 Å². The van der Waals surface area contributed by atoms with Crippen LogP contribution in [0, 0.1) is 0 Å². The zero-order valence-corrected chi connectivity index (χ0v) is 14.9. The molecule has 0 saturated carbocycles. The average Bonchev–Trinajstić information content (AvgIpc) is 3.29. The Morgan fingerprint density at radius 3 is 3.04 bits per heavy atom. The first kappa shape index (κ1) is 17.5. The quantitative estimate of drug-likeness (QED) is 0.596. The highest BCUT2D eigenvalue weighted by Crippen LogP contribution is 2.15. The summed E-state index contributed by atoms with van der Waals surface area (Å²) < 4.78 is 1.92. The molecule has 0 bridgehead atoms. The molecule has 6 heteroatoms. The molecule has 0 radical (unpaired) electrons. The Morgan fingerprint density at radius 1 is 1.36 bits per heavy atom. The Bertz CT molecular complexity index is 679. The number of guanidine groups is 1. The van der Waals surface area contributed by atoms with Crippen molar-refractivity contribution in [3.63, 3.8) is 0 Å². The molecule has 0 amide bonds. The lowest BCUT2D eigenvalue weighted by Gasteiger charge is -2.23. The van der Waals surface area contributed by atoms with Gasteiger partial charge >= 0.3 is 0 Å². The lowest BCUT2D eigenvalue weighted by Crippen LogP contribution is -2.42. The normalized spacial score (nSPS) is 18.6. The Labute approximate surface area is 149 Å². The van der Waals surface area contributed by atoms with Gasteiger partial charge in [-0.05, 0) is 43.1 Å². The third kappa shape index (κ3) is 5.06. The van der Waals surface area contributed by atoms with Gasteiger partial charge in [0.05, 0.1) is 13.1 Å². The standard InChI is InChI=1S/C19H28N6/c1-2-24-10-4-8-18(24)14-22-19(20)21-13-16-6-3-7-17(12-16)15-25-11-5-9-23-25/h3,5-7,9,11-12,18H,2,4,8,10,13-15H2,1H3,(H3,20,21,22). The lowest BCUT2D eigenvalue weighted by molar-refractivity contribution is 0.267. The lowest BCUT2D eigenvalue weighted by atomic mass is 10.1. The van der Waals surface area contributed by atoms with Crippen LogP contribution in [0.15, 0.2) is 47.7 Å². The molecule has 3 rings (SSSR count). The van der Waals surface area contributed by atoms with Crippen molar-refractivity contribution in [3.05, 3.63) is 53.9 Å². The predicted octanol–water partition coefficient (Wildman–Crippen LogP) is 1.82. The number of benzene rings is 1. The van der Waals surface area contributed by atoms with Crippen LogP contribution < -0.4 is 11.1 Å². The van der Waals surface area contributed by atoms with E-state index < -0.39 is 0 Å².